The van der Waals surface area contributed by atoms with Crippen LogP contribution in [0.25, 0.3) is 0 Å². The van der Waals surface area contributed by atoms with Gasteiger partial charge in [0, 0.05) is 18.3 Å². The maximum atomic E-state index is 12.4. The molecular weight excluding hydrogens is 372 g/mol. The summed E-state index contributed by atoms with van der Waals surface area (Å²) in [7, 11) is -1.27. The van der Waals surface area contributed by atoms with Crippen molar-refractivity contribution in [2.75, 3.05) is 26.1 Å². The minimum atomic E-state index is -3.78. The minimum Gasteiger partial charge on any atom is -0.462 e. The zero-order valence-electron chi connectivity index (χ0n) is 15.1. The third-order valence-corrected chi connectivity index (χ3v) is 5.34. The monoisotopic (exact) mass is 392 g/mol. The van der Waals surface area contributed by atoms with Gasteiger partial charge in [-0.3, -0.25) is 9.63 Å². The second-order valence-electron chi connectivity index (χ2n) is 5.38. The number of amides is 1. The first-order chi connectivity index (χ1) is 12.8. The minimum absolute atomic E-state index is 0.00675. The largest absolute Gasteiger partial charge is 0.462 e. The van der Waals surface area contributed by atoms with Gasteiger partial charge in [-0.15, -0.1) is 0 Å². The molecule has 0 aliphatic rings. The van der Waals surface area contributed by atoms with Crippen LogP contribution in [0.4, 0.5) is 5.69 Å². The summed E-state index contributed by atoms with van der Waals surface area (Å²) in [6.45, 7) is 1.96. The molecule has 0 heterocycles. The topological polar surface area (TPSA) is 102 Å². The van der Waals surface area contributed by atoms with Crippen molar-refractivity contribution >= 4 is 27.6 Å². The SMILES string of the molecule is CCOC(=O)c1cccc(NC(=O)c2ccc(S(=O)(=O)N(C)OC)cc2)c1. The molecule has 0 aliphatic carbocycles. The normalized spacial score (nSPS) is 11.3. The summed E-state index contributed by atoms with van der Waals surface area (Å²) in [5.41, 5.74) is 0.996. The Kier molecular flexibility index (Phi) is 6.67. The number of nitrogens with one attached hydrogen (secondary N) is 1. The fraction of sp³-hybridized carbons (Fsp3) is 0.222. The fourth-order valence-corrected chi connectivity index (χ4v) is 3.14. The van der Waals surface area contributed by atoms with Crippen molar-refractivity contribution in [3.05, 3.63) is 59.7 Å². The molecule has 2 aromatic rings. The van der Waals surface area contributed by atoms with Crippen molar-refractivity contribution in [3.8, 4) is 0 Å². The highest BCUT2D eigenvalue weighted by molar-refractivity contribution is 7.89. The van der Waals surface area contributed by atoms with Crippen LogP contribution in [0, 0.1) is 0 Å². The molecule has 2 rings (SSSR count). The first-order valence-corrected chi connectivity index (χ1v) is 9.45. The molecular formula is C18H20N2O6S. The van der Waals surface area contributed by atoms with Crippen molar-refractivity contribution in [2.45, 2.75) is 11.8 Å². The van der Waals surface area contributed by atoms with Gasteiger partial charge in [-0.05, 0) is 49.4 Å². The molecule has 0 radical (unpaired) electrons. The highest BCUT2D eigenvalue weighted by atomic mass is 32.2. The maximum absolute atomic E-state index is 12.4. The van der Waals surface area contributed by atoms with Gasteiger partial charge in [0.2, 0.25) is 0 Å². The lowest BCUT2D eigenvalue weighted by atomic mass is 10.1. The van der Waals surface area contributed by atoms with E-state index in [1.54, 1.807) is 25.1 Å². The van der Waals surface area contributed by atoms with Crippen LogP contribution in [-0.4, -0.2) is 45.5 Å². The Morgan fingerprint density at radius 1 is 1.07 bits per heavy atom. The molecule has 0 aromatic heterocycles. The summed E-state index contributed by atoms with van der Waals surface area (Å²) in [6, 6.07) is 11.7. The van der Waals surface area contributed by atoms with E-state index in [0.717, 1.165) is 4.47 Å². The molecule has 0 saturated heterocycles. The summed E-state index contributed by atoms with van der Waals surface area (Å²) >= 11 is 0. The molecule has 9 heteroatoms. The number of esters is 1. The molecule has 0 aliphatic heterocycles. The molecule has 0 unspecified atom stereocenters. The Morgan fingerprint density at radius 3 is 2.33 bits per heavy atom. The van der Waals surface area contributed by atoms with Crippen molar-refractivity contribution < 1.29 is 27.6 Å². The van der Waals surface area contributed by atoms with Gasteiger partial charge < -0.3 is 10.1 Å². The van der Waals surface area contributed by atoms with Crippen molar-refractivity contribution in [2.24, 2.45) is 0 Å². The van der Waals surface area contributed by atoms with Crippen LogP contribution < -0.4 is 5.32 Å². The summed E-state index contributed by atoms with van der Waals surface area (Å²) < 4.78 is 29.9. The third kappa shape index (κ3) is 4.91. The highest BCUT2D eigenvalue weighted by Crippen LogP contribution is 2.17. The van der Waals surface area contributed by atoms with Crippen LogP contribution in [0.3, 0.4) is 0 Å². The van der Waals surface area contributed by atoms with E-state index in [1.165, 1.54) is 44.5 Å². The maximum Gasteiger partial charge on any atom is 0.338 e. The lowest BCUT2D eigenvalue weighted by Crippen LogP contribution is -2.25. The Bertz CT molecular complexity index is 925. The van der Waals surface area contributed by atoms with Gasteiger partial charge in [-0.25, -0.2) is 13.2 Å². The quantitative estimate of drug-likeness (QED) is 0.573. The molecule has 0 atom stereocenters. The van der Waals surface area contributed by atoms with Crippen molar-refractivity contribution in [1.29, 1.82) is 0 Å². The second kappa shape index (κ2) is 8.76. The van der Waals surface area contributed by atoms with Gasteiger partial charge >= 0.3 is 5.97 Å². The van der Waals surface area contributed by atoms with E-state index in [1.807, 2.05) is 0 Å². The molecule has 1 N–H and O–H groups in total. The first kappa shape index (κ1) is 20.6. The first-order valence-electron chi connectivity index (χ1n) is 8.01. The van der Waals surface area contributed by atoms with E-state index in [-0.39, 0.29) is 17.1 Å². The van der Waals surface area contributed by atoms with Gasteiger partial charge in [0.1, 0.15) is 0 Å². The fourth-order valence-electron chi connectivity index (χ4n) is 2.17. The molecule has 0 spiro atoms. The highest BCUT2D eigenvalue weighted by Gasteiger charge is 2.21. The number of carbonyl (C=O) groups excluding carboxylic acids is 2. The van der Waals surface area contributed by atoms with Gasteiger partial charge in [0.05, 0.1) is 24.2 Å². The number of hydrogen-bond acceptors (Lipinski definition) is 6. The number of benzene rings is 2. The van der Waals surface area contributed by atoms with Crippen molar-refractivity contribution in [3.63, 3.8) is 0 Å². The average Bonchev–Trinajstić information content (AvgIpc) is 2.67. The molecule has 144 valence electrons. The van der Waals surface area contributed by atoms with Crippen LogP contribution >= 0.6 is 0 Å². The summed E-state index contributed by atoms with van der Waals surface area (Å²) in [4.78, 5) is 28.8. The smallest absolute Gasteiger partial charge is 0.338 e. The van der Waals surface area contributed by atoms with E-state index in [9.17, 15) is 18.0 Å². The molecule has 2 aromatic carbocycles. The standard InChI is InChI=1S/C18H20N2O6S/c1-4-26-18(22)14-6-5-7-15(12-14)19-17(21)13-8-10-16(11-9-13)27(23,24)20(2)25-3/h5-12H,4H2,1-3H3,(H,19,21). The second-order valence-corrected chi connectivity index (χ2v) is 7.31. The zero-order chi connectivity index (χ0) is 20.0. The lowest BCUT2D eigenvalue weighted by Gasteiger charge is -2.14. The van der Waals surface area contributed by atoms with Gasteiger partial charge in [0.25, 0.3) is 15.9 Å². The van der Waals surface area contributed by atoms with Crippen LogP contribution in [0.15, 0.2) is 53.4 Å². The third-order valence-electron chi connectivity index (χ3n) is 3.64. The molecule has 0 fully saturated rings. The molecule has 8 nitrogen and oxygen atoms in total. The predicted molar refractivity (Wildman–Crippen MR) is 98.8 cm³/mol. The van der Waals surface area contributed by atoms with E-state index in [4.69, 9.17) is 9.57 Å². The zero-order valence-corrected chi connectivity index (χ0v) is 15.9. The Hall–Kier alpha value is -2.75. The summed E-state index contributed by atoms with van der Waals surface area (Å²) in [5, 5.41) is 2.66. The number of sulfonamides is 1. The summed E-state index contributed by atoms with van der Waals surface area (Å²) in [5.74, 6) is -0.925. The predicted octanol–water partition coefficient (Wildman–Crippen LogP) is 2.30. The van der Waals surface area contributed by atoms with E-state index < -0.39 is 21.9 Å². The number of ether oxygens (including phenoxy) is 1. The van der Waals surface area contributed by atoms with E-state index in [0.29, 0.717) is 11.3 Å². The molecule has 0 bridgehead atoms. The van der Waals surface area contributed by atoms with E-state index in [2.05, 4.69) is 5.32 Å². The average molecular weight is 392 g/mol. The lowest BCUT2D eigenvalue weighted by molar-refractivity contribution is -0.0258. The van der Waals surface area contributed by atoms with Gasteiger partial charge in [-0.2, -0.15) is 0 Å². The summed E-state index contributed by atoms with van der Waals surface area (Å²) in [6.07, 6.45) is 0. The van der Waals surface area contributed by atoms with E-state index >= 15 is 0 Å². The molecule has 0 saturated carbocycles. The number of hydrogen-bond donors (Lipinski definition) is 1. The van der Waals surface area contributed by atoms with Gasteiger partial charge in [-0.1, -0.05) is 10.5 Å². The number of hydroxylamine groups is 1. The number of nitrogens with zero attached hydrogens (tertiary/aromatic N) is 1. The van der Waals surface area contributed by atoms with Crippen LogP contribution in [-0.2, 0) is 19.6 Å². The number of anilines is 1. The molecule has 1 amide bonds. The Morgan fingerprint density at radius 2 is 1.74 bits per heavy atom. The van der Waals surface area contributed by atoms with Gasteiger partial charge in [0.15, 0.2) is 0 Å². The Balaban J connectivity index is 2.15. The van der Waals surface area contributed by atoms with Crippen LogP contribution in [0.5, 0.6) is 0 Å². The molecule has 27 heavy (non-hydrogen) atoms. The van der Waals surface area contributed by atoms with Crippen LogP contribution in [0.2, 0.25) is 0 Å². The Labute approximate surface area is 157 Å². The van der Waals surface area contributed by atoms with Crippen LogP contribution in [0.1, 0.15) is 27.6 Å². The number of carbonyl (C=O) groups is 2. The number of rotatable bonds is 7. The van der Waals surface area contributed by atoms with Crippen molar-refractivity contribution in [1.82, 2.24) is 4.47 Å².